The zero-order valence-electron chi connectivity index (χ0n) is 36.7. The summed E-state index contributed by atoms with van der Waals surface area (Å²) in [7, 11) is 1.45. The number of aliphatic hydroxyl groups is 3. The second-order valence-corrected chi connectivity index (χ2v) is 17.2. The fourth-order valence-electron chi connectivity index (χ4n) is 8.93. The molecule has 5 bridgehead atoms. The summed E-state index contributed by atoms with van der Waals surface area (Å²) in [5.74, 6) is -6.38. The predicted molar refractivity (Wildman–Crippen MR) is 235 cm³/mol. The van der Waals surface area contributed by atoms with Gasteiger partial charge in [-0.2, -0.15) is 0 Å². The number of aromatic nitrogens is 1. The molecule has 2 aliphatic heterocycles. The number of methoxy groups -OCH3 is 1. The number of phenols is 1. The van der Waals surface area contributed by atoms with E-state index in [4.69, 9.17) is 23.6 Å². The Labute approximate surface area is 355 Å². The van der Waals surface area contributed by atoms with Crippen LogP contribution in [0.2, 0.25) is 0 Å². The number of ketones is 1. The Morgan fingerprint density at radius 2 is 1.62 bits per heavy atom. The molecule has 1 amide bonds. The summed E-state index contributed by atoms with van der Waals surface area (Å²) in [6.45, 7) is 21.4. The van der Waals surface area contributed by atoms with Crippen LogP contribution in [0.25, 0.3) is 33.0 Å². The third kappa shape index (κ3) is 7.77. The Balaban J connectivity index is 1.66. The molecule has 326 valence electrons. The molecule has 61 heavy (non-hydrogen) atoms. The number of Topliss-reactive ketones (excluding diaryl/α,β-unsaturated/α-hetero) is 1. The number of anilines is 1. The molecule has 5 N–H and O–H groups in total. The van der Waals surface area contributed by atoms with Gasteiger partial charge >= 0.3 is 5.79 Å². The summed E-state index contributed by atoms with van der Waals surface area (Å²) >= 11 is 0. The van der Waals surface area contributed by atoms with E-state index < -0.39 is 76.7 Å². The quantitative estimate of drug-likeness (QED) is 0.0585. The van der Waals surface area contributed by atoms with E-state index in [2.05, 4.69) is 25.7 Å². The molecular weight excluding hydrogens is 781 g/mol. The minimum Gasteiger partial charge on any atom is -0.505 e. The average molecular weight is 839 g/mol. The highest BCUT2D eigenvalue weighted by Gasteiger charge is 2.49. The zero-order chi connectivity index (χ0) is 45.0. The van der Waals surface area contributed by atoms with E-state index >= 15 is 0 Å². The monoisotopic (exact) mass is 838 g/mol. The molecule has 1 aromatic heterocycles. The van der Waals surface area contributed by atoms with Crippen LogP contribution in [0, 0.1) is 37.5 Å². The van der Waals surface area contributed by atoms with Gasteiger partial charge in [0.2, 0.25) is 0 Å². The number of hydrogen-bond donors (Lipinski definition) is 5. The Bertz CT molecular complexity index is 2590. The highest BCUT2D eigenvalue weighted by molar-refractivity contribution is 6.26. The first-order valence-electron chi connectivity index (χ1n) is 20.7. The molecule has 0 radical (unpaired) electrons. The van der Waals surface area contributed by atoms with Crippen molar-refractivity contribution >= 4 is 50.3 Å². The molecule has 3 aromatic carbocycles. The number of carbonyl (C=O) groups excluding carboxylic acids is 2. The average Bonchev–Trinajstić information content (AvgIpc) is 3.48. The van der Waals surface area contributed by atoms with Gasteiger partial charge < -0.3 is 44.4 Å². The number of aliphatic hydroxyl groups excluding tert-OH is 3. The molecule has 9 atom stereocenters. The van der Waals surface area contributed by atoms with E-state index in [0.717, 1.165) is 16.7 Å². The second kappa shape index (κ2) is 17.2. The number of fused-ring (bicyclic) bond motifs is 5. The molecule has 6 rings (SSSR count). The molecule has 0 unspecified atom stereocenters. The van der Waals surface area contributed by atoms with Crippen LogP contribution < -0.4 is 15.5 Å². The fourth-order valence-corrected chi connectivity index (χ4v) is 8.93. The van der Waals surface area contributed by atoms with Gasteiger partial charge in [-0.1, -0.05) is 65.8 Å². The van der Waals surface area contributed by atoms with E-state index in [0.29, 0.717) is 17.5 Å². The first kappa shape index (κ1) is 45.2. The minimum atomic E-state index is -2.01. The van der Waals surface area contributed by atoms with Gasteiger partial charge in [-0.25, -0.2) is 4.98 Å². The number of rotatable bonds is 4. The maximum absolute atomic E-state index is 14.7. The number of hydrogen-bond acceptors (Lipinski definition) is 12. The topological polar surface area (TPSA) is 198 Å². The van der Waals surface area contributed by atoms with Gasteiger partial charge in [-0.05, 0) is 56.4 Å². The third-order valence-corrected chi connectivity index (χ3v) is 12.6. The van der Waals surface area contributed by atoms with Crippen LogP contribution in [0.3, 0.4) is 0 Å². The van der Waals surface area contributed by atoms with Crippen LogP contribution in [-0.2, 0) is 20.7 Å². The predicted octanol–water partition coefficient (Wildman–Crippen LogP) is 7.59. The van der Waals surface area contributed by atoms with Crippen LogP contribution in [-0.4, -0.2) is 74.4 Å². The van der Waals surface area contributed by atoms with Crippen LogP contribution in [0.1, 0.15) is 93.9 Å². The molecule has 0 saturated carbocycles. The summed E-state index contributed by atoms with van der Waals surface area (Å²) in [5.41, 5.74) is 2.73. The van der Waals surface area contributed by atoms with E-state index in [9.17, 15) is 34.8 Å². The Morgan fingerprint density at radius 3 is 2.26 bits per heavy atom. The standard InChI is InChI=1S/C48H58N2O11/c1-13-15-29-32(21(2)3)24(6)20-30-44(29)60-45-36(49-30)33-34-41(54)28(10)43-35(33)46(56)48(11,61-43)59-19-18-31(58-12)25(7)39(52)27(9)40(53)26(8)38(51)22(4)16-14-17-23(5)47(57)50-37(45)42(34)55/h13-14,16-22,25-27,31,38-40,51-53,55H,1,15H2,2-12H3,(H,50,57)/b16-14+,19-18+,23-17-/t22-,25+,26+,27-,31-,38-,39+,40+,48-/m0/s1. The molecule has 13 nitrogen and oxygen atoms in total. The van der Waals surface area contributed by atoms with Gasteiger partial charge in [0.05, 0.1) is 41.6 Å². The lowest BCUT2D eigenvalue weighted by atomic mass is 9.78. The van der Waals surface area contributed by atoms with Gasteiger partial charge in [0.15, 0.2) is 22.3 Å². The van der Waals surface area contributed by atoms with Crippen molar-refractivity contribution in [2.24, 2.45) is 23.7 Å². The molecule has 0 spiro atoms. The van der Waals surface area contributed by atoms with Crippen molar-refractivity contribution in [2.45, 2.75) is 112 Å². The number of aromatic hydroxyl groups is 1. The highest BCUT2D eigenvalue weighted by Crippen LogP contribution is 2.49. The Hall–Kier alpha value is -5.34. The van der Waals surface area contributed by atoms with Crippen LogP contribution in [0.15, 0.2) is 64.1 Å². The van der Waals surface area contributed by atoms with Gasteiger partial charge in [-0.3, -0.25) is 14.4 Å². The summed E-state index contributed by atoms with van der Waals surface area (Å²) < 4.78 is 24.7. The number of nitrogens with one attached hydrogen (secondary N) is 1. The smallest absolute Gasteiger partial charge is 0.312 e. The van der Waals surface area contributed by atoms with Crippen molar-refractivity contribution in [1.29, 1.82) is 0 Å². The number of allylic oxidation sites excluding steroid dienone is 3. The fraction of sp³-hybridized carbons (Fsp3) is 0.458. The number of nitrogens with zero attached hydrogens (tertiary/aromatic N) is 1. The largest absolute Gasteiger partial charge is 0.505 e. The number of aryl methyl sites for hydroxylation is 1. The molecule has 0 fully saturated rings. The number of phenolic OH excluding ortho intramolecular Hbond substituents is 1. The third-order valence-electron chi connectivity index (χ3n) is 12.6. The molecular formula is C48H58N2O11. The number of carbonyl (C=O) groups is 2. The van der Waals surface area contributed by atoms with E-state index in [1.54, 1.807) is 52.8 Å². The maximum Gasteiger partial charge on any atom is 0.312 e. The van der Waals surface area contributed by atoms with Crippen molar-refractivity contribution in [2.75, 3.05) is 12.4 Å². The molecule has 4 aromatic rings. The SMILES string of the molecule is C=CCc1c(C(C)C)c(C)cc2nc3c(oc12)c1c(O)c2c(=O)c(C)c4c(c23)C(=O)[C@@](C)(O/C=C/[C@H](OC)[C@@H](C)[C@@H](O)[C@H](C)[C@H](O)[C@H](C)[C@@H](O)[C@@H](C)/C=C/C=C(/C)C(=O)N1)O4. The molecule has 0 aliphatic carbocycles. The number of amides is 1. The summed E-state index contributed by atoms with van der Waals surface area (Å²) in [6, 6.07) is 1.86. The van der Waals surface area contributed by atoms with Crippen molar-refractivity contribution < 1.29 is 48.6 Å². The Kier molecular flexibility index (Phi) is 12.7. The van der Waals surface area contributed by atoms with Crippen molar-refractivity contribution in [3.05, 3.63) is 92.9 Å². The lowest BCUT2D eigenvalue weighted by Gasteiger charge is -2.36. The van der Waals surface area contributed by atoms with E-state index in [1.165, 1.54) is 39.4 Å². The molecule has 3 heterocycles. The van der Waals surface area contributed by atoms with Gasteiger partial charge in [0, 0.05) is 59.8 Å². The molecule has 13 heteroatoms. The zero-order valence-corrected chi connectivity index (χ0v) is 36.7. The van der Waals surface area contributed by atoms with Crippen molar-refractivity contribution in [1.82, 2.24) is 4.98 Å². The normalized spacial score (nSPS) is 29.7. The second-order valence-electron chi connectivity index (χ2n) is 17.2. The number of benzene rings is 3. The highest BCUT2D eigenvalue weighted by atomic mass is 16.7. The van der Waals surface area contributed by atoms with Gasteiger partial charge in [-0.15, -0.1) is 6.58 Å². The van der Waals surface area contributed by atoms with Crippen LogP contribution >= 0.6 is 0 Å². The van der Waals surface area contributed by atoms with Crippen LogP contribution in [0.5, 0.6) is 11.5 Å². The molecule has 2 aliphatic rings. The van der Waals surface area contributed by atoms with Gasteiger partial charge in [0.25, 0.3) is 11.7 Å². The van der Waals surface area contributed by atoms with Crippen molar-refractivity contribution in [3.63, 3.8) is 0 Å². The van der Waals surface area contributed by atoms with Crippen LogP contribution in [0.4, 0.5) is 5.69 Å². The maximum atomic E-state index is 14.7. The first-order valence-corrected chi connectivity index (χ1v) is 20.7. The summed E-state index contributed by atoms with van der Waals surface area (Å²) in [6.07, 6.45) is 5.76. The molecule has 0 saturated heterocycles. The van der Waals surface area contributed by atoms with Gasteiger partial charge in [0.1, 0.15) is 22.5 Å². The lowest BCUT2D eigenvalue weighted by Crippen LogP contribution is -2.44. The Morgan fingerprint density at radius 1 is 0.967 bits per heavy atom. The minimum absolute atomic E-state index is 0.0128. The van der Waals surface area contributed by atoms with Crippen molar-refractivity contribution in [3.8, 4) is 11.5 Å². The lowest BCUT2D eigenvalue weighted by molar-refractivity contribution is -0.112. The summed E-state index contributed by atoms with van der Waals surface area (Å²) in [5, 5.41) is 48.6. The number of ether oxygens (including phenoxy) is 3. The van der Waals surface area contributed by atoms with E-state index in [-0.39, 0.29) is 55.9 Å². The first-order chi connectivity index (χ1) is 28.7. The van der Waals surface area contributed by atoms with E-state index in [1.807, 2.05) is 13.0 Å². The summed E-state index contributed by atoms with van der Waals surface area (Å²) in [4.78, 5) is 48.1.